The average Bonchev–Trinajstić information content (AvgIpc) is 2.68. The number of anilines is 1. The number of aliphatic hydroxyl groups excluding tert-OH is 2. The van der Waals surface area contributed by atoms with E-state index in [4.69, 9.17) is 21.3 Å². The van der Waals surface area contributed by atoms with Gasteiger partial charge in [-0.3, -0.25) is 0 Å². The van der Waals surface area contributed by atoms with E-state index < -0.39 is 6.10 Å². The SMILES string of the molecule is C#CC.C/C=C(\C)C(O)c1c(N)ccc(OCCN(C)C)c1C/C=C(/C)N.CO. The Hall–Kier alpha value is -2.46. The van der Waals surface area contributed by atoms with Crippen molar-refractivity contribution in [3.05, 3.63) is 46.7 Å². The summed E-state index contributed by atoms with van der Waals surface area (Å²) in [5, 5.41) is 17.7. The van der Waals surface area contributed by atoms with Crippen LogP contribution in [-0.4, -0.2) is 49.5 Å². The van der Waals surface area contributed by atoms with Crippen LogP contribution in [0.4, 0.5) is 5.69 Å². The largest absolute Gasteiger partial charge is 0.492 e. The van der Waals surface area contributed by atoms with Crippen LogP contribution < -0.4 is 16.2 Å². The number of nitrogen functional groups attached to an aromatic ring is 1. The van der Waals surface area contributed by atoms with Gasteiger partial charge in [0.1, 0.15) is 18.5 Å². The van der Waals surface area contributed by atoms with Gasteiger partial charge in [-0.25, -0.2) is 0 Å². The predicted molar refractivity (Wildman–Crippen MR) is 124 cm³/mol. The molecule has 0 saturated carbocycles. The third-order valence-corrected chi connectivity index (χ3v) is 3.93. The highest BCUT2D eigenvalue weighted by atomic mass is 16.5. The molecular formula is C23H39N3O3. The quantitative estimate of drug-likeness (QED) is 0.301. The minimum Gasteiger partial charge on any atom is -0.492 e. The molecule has 0 aromatic heterocycles. The monoisotopic (exact) mass is 405 g/mol. The smallest absolute Gasteiger partial charge is 0.123 e. The highest BCUT2D eigenvalue weighted by Gasteiger charge is 2.20. The Morgan fingerprint density at radius 1 is 1.31 bits per heavy atom. The number of hydrogen-bond donors (Lipinski definition) is 4. The van der Waals surface area contributed by atoms with Crippen molar-refractivity contribution in [2.45, 2.75) is 40.2 Å². The van der Waals surface area contributed by atoms with E-state index in [1.807, 2.05) is 53.1 Å². The molecular weight excluding hydrogens is 366 g/mol. The Morgan fingerprint density at radius 2 is 1.86 bits per heavy atom. The fourth-order valence-electron chi connectivity index (χ4n) is 2.32. The average molecular weight is 406 g/mol. The topological polar surface area (TPSA) is 105 Å². The zero-order chi connectivity index (χ0) is 23.0. The second-order valence-corrected chi connectivity index (χ2v) is 6.57. The fraction of sp³-hybridized carbons (Fsp3) is 0.478. The van der Waals surface area contributed by atoms with Crippen molar-refractivity contribution in [2.75, 3.05) is 40.1 Å². The molecule has 0 aliphatic heterocycles. The van der Waals surface area contributed by atoms with Crippen molar-refractivity contribution < 1.29 is 14.9 Å². The zero-order valence-corrected chi connectivity index (χ0v) is 19.0. The molecule has 0 fully saturated rings. The van der Waals surface area contributed by atoms with E-state index in [1.165, 1.54) is 0 Å². The number of nitrogens with zero attached hydrogens (tertiary/aromatic N) is 1. The lowest BCUT2D eigenvalue weighted by Gasteiger charge is -2.22. The highest BCUT2D eigenvalue weighted by molar-refractivity contribution is 5.59. The molecule has 6 nitrogen and oxygen atoms in total. The van der Waals surface area contributed by atoms with Crippen LogP contribution in [0.2, 0.25) is 0 Å². The van der Waals surface area contributed by atoms with Crippen LogP contribution in [0.15, 0.2) is 35.6 Å². The zero-order valence-electron chi connectivity index (χ0n) is 19.0. The number of nitrogens with two attached hydrogens (primary N) is 2. The first kappa shape index (κ1) is 28.7. The van der Waals surface area contributed by atoms with E-state index in [2.05, 4.69) is 17.2 Å². The molecule has 1 aromatic rings. The van der Waals surface area contributed by atoms with Crippen molar-refractivity contribution in [3.63, 3.8) is 0 Å². The van der Waals surface area contributed by atoms with Crippen molar-refractivity contribution in [1.82, 2.24) is 4.90 Å². The standard InChI is InChI=1S/C19H31N3O2.C3H4.CH4O/c1-6-13(2)19(23)18-15(8-7-14(3)20)17(10-9-16(18)21)24-12-11-22(4)5;1-3-2;1-2/h6-7,9-10,19,23H,8,11-12,20-21H2,1-5H3;1H,2H3;2H,1H3/b13-6+,14-7-;;. The van der Waals surface area contributed by atoms with Crippen molar-refractivity contribution in [3.8, 4) is 18.1 Å². The van der Waals surface area contributed by atoms with Gasteiger partial charge in [0, 0.05) is 36.2 Å². The number of ether oxygens (including phenoxy) is 1. The summed E-state index contributed by atoms with van der Waals surface area (Å²) < 4.78 is 5.94. The van der Waals surface area contributed by atoms with E-state index >= 15 is 0 Å². The predicted octanol–water partition coefficient (Wildman–Crippen LogP) is 2.86. The Morgan fingerprint density at radius 3 is 2.31 bits per heavy atom. The third kappa shape index (κ3) is 11.2. The molecule has 0 radical (unpaired) electrons. The van der Waals surface area contributed by atoms with Gasteiger partial charge in [0.2, 0.25) is 0 Å². The molecule has 29 heavy (non-hydrogen) atoms. The summed E-state index contributed by atoms with van der Waals surface area (Å²) in [6, 6.07) is 3.65. The summed E-state index contributed by atoms with van der Waals surface area (Å²) in [5.74, 6) is 2.99. The summed E-state index contributed by atoms with van der Waals surface area (Å²) in [6.07, 6.45) is 8.20. The van der Waals surface area contributed by atoms with E-state index in [0.29, 0.717) is 24.3 Å². The van der Waals surface area contributed by atoms with Gasteiger partial charge in [-0.2, -0.15) is 0 Å². The molecule has 0 spiro atoms. The minimum absolute atomic E-state index is 0.557. The van der Waals surface area contributed by atoms with Crippen LogP contribution in [0.25, 0.3) is 0 Å². The molecule has 1 aromatic carbocycles. The maximum Gasteiger partial charge on any atom is 0.123 e. The highest BCUT2D eigenvalue weighted by Crippen LogP contribution is 2.36. The molecule has 0 amide bonds. The van der Waals surface area contributed by atoms with Crippen LogP contribution in [-0.2, 0) is 6.42 Å². The molecule has 0 bridgehead atoms. The normalized spacial score (nSPS) is 12.2. The Balaban J connectivity index is 0. The fourth-order valence-corrected chi connectivity index (χ4v) is 2.32. The summed E-state index contributed by atoms with van der Waals surface area (Å²) in [5.41, 5.74) is 15.7. The van der Waals surface area contributed by atoms with Gasteiger partial charge in [0.25, 0.3) is 0 Å². The van der Waals surface area contributed by atoms with Crippen LogP contribution in [0.5, 0.6) is 5.75 Å². The van der Waals surface area contributed by atoms with Crippen molar-refractivity contribution in [1.29, 1.82) is 0 Å². The maximum absolute atomic E-state index is 10.7. The maximum atomic E-state index is 10.7. The van der Waals surface area contributed by atoms with Gasteiger partial charge in [-0.15, -0.1) is 12.3 Å². The molecule has 1 unspecified atom stereocenters. The summed E-state index contributed by atoms with van der Waals surface area (Å²) in [7, 11) is 5.00. The first-order chi connectivity index (χ1) is 13.7. The van der Waals surface area contributed by atoms with Crippen molar-refractivity contribution >= 4 is 5.69 Å². The summed E-state index contributed by atoms with van der Waals surface area (Å²) in [6.45, 7) is 8.65. The van der Waals surface area contributed by atoms with Gasteiger partial charge in [0.05, 0.1) is 0 Å². The molecule has 6 N–H and O–H groups in total. The first-order valence-corrected chi connectivity index (χ1v) is 9.43. The molecule has 0 heterocycles. The number of rotatable bonds is 8. The lowest BCUT2D eigenvalue weighted by Crippen LogP contribution is -2.20. The number of allylic oxidation sites excluding steroid dienone is 3. The number of terminal acetylenes is 1. The molecule has 1 rings (SSSR count). The minimum atomic E-state index is -0.756. The summed E-state index contributed by atoms with van der Waals surface area (Å²) >= 11 is 0. The first-order valence-electron chi connectivity index (χ1n) is 9.43. The van der Waals surface area contributed by atoms with Gasteiger partial charge in [-0.1, -0.05) is 12.2 Å². The number of benzene rings is 1. The van der Waals surface area contributed by atoms with Gasteiger partial charge < -0.3 is 31.3 Å². The van der Waals surface area contributed by atoms with Crippen LogP contribution in [0, 0.1) is 12.3 Å². The van der Waals surface area contributed by atoms with E-state index in [9.17, 15) is 5.11 Å². The van der Waals surface area contributed by atoms with Gasteiger partial charge in [0.15, 0.2) is 0 Å². The lowest BCUT2D eigenvalue weighted by atomic mass is 9.93. The third-order valence-electron chi connectivity index (χ3n) is 3.93. The van der Waals surface area contributed by atoms with E-state index in [0.717, 1.165) is 36.2 Å². The summed E-state index contributed by atoms with van der Waals surface area (Å²) in [4.78, 5) is 2.06. The second kappa shape index (κ2) is 16.5. The van der Waals surface area contributed by atoms with E-state index in [-0.39, 0.29) is 0 Å². The Labute approximate surface area is 176 Å². The molecule has 164 valence electrons. The molecule has 0 aliphatic rings. The van der Waals surface area contributed by atoms with Crippen LogP contribution >= 0.6 is 0 Å². The Kier molecular flexibility index (Phi) is 16.3. The van der Waals surface area contributed by atoms with Crippen LogP contribution in [0.3, 0.4) is 0 Å². The second-order valence-electron chi connectivity index (χ2n) is 6.57. The van der Waals surface area contributed by atoms with E-state index in [1.54, 1.807) is 13.0 Å². The number of likely N-dealkylation sites (N-methyl/N-ethyl adjacent to an activating group) is 1. The van der Waals surface area contributed by atoms with Crippen LogP contribution in [0.1, 0.15) is 44.9 Å². The van der Waals surface area contributed by atoms with Gasteiger partial charge >= 0.3 is 0 Å². The molecule has 0 saturated heterocycles. The van der Waals surface area contributed by atoms with Gasteiger partial charge in [-0.05, 0) is 65.9 Å². The number of aliphatic hydroxyl groups is 2. The number of hydrogen-bond acceptors (Lipinski definition) is 6. The molecule has 1 atom stereocenters. The Bertz CT molecular complexity index is 685. The lowest BCUT2D eigenvalue weighted by molar-refractivity contribution is 0.213. The van der Waals surface area contributed by atoms with Crippen molar-refractivity contribution in [2.24, 2.45) is 5.73 Å². The molecule has 6 heteroatoms. The molecule has 0 aliphatic carbocycles.